The summed E-state index contributed by atoms with van der Waals surface area (Å²) in [7, 11) is 0. The highest BCUT2D eigenvalue weighted by Gasteiger charge is 2.23. The maximum Gasteiger partial charge on any atom is 0.238 e. The highest BCUT2D eigenvalue weighted by molar-refractivity contribution is 9.10. The molecule has 0 bridgehead atoms. The summed E-state index contributed by atoms with van der Waals surface area (Å²) in [5, 5.41) is 2.85. The van der Waals surface area contributed by atoms with E-state index in [0.717, 1.165) is 42.3 Å². The summed E-state index contributed by atoms with van der Waals surface area (Å²) < 4.78 is 0.925. The van der Waals surface area contributed by atoms with Crippen molar-refractivity contribution in [2.75, 3.05) is 18.4 Å². The van der Waals surface area contributed by atoms with Gasteiger partial charge in [-0.3, -0.25) is 9.69 Å². The van der Waals surface area contributed by atoms with Gasteiger partial charge in [0.1, 0.15) is 6.29 Å². The SMILES string of the molecule is O=CC1CCCCN1CC(=O)Nc1cccc(Br)c1. The zero-order valence-corrected chi connectivity index (χ0v) is 12.2. The van der Waals surface area contributed by atoms with Crippen LogP contribution in [0.3, 0.4) is 0 Å². The molecule has 1 unspecified atom stereocenters. The van der Waals surface area contributed by atoms with Gasteiger partial charge < -0.3 is 10.1 Å². The summed E-state index contributed by atoms with van der Waals surface area (Å²) >= 11 is 3.36. The molecule has 1 atom stereocenters. The topological polar surface area (TPSA) is 49.4 Å². The lowest BCUT2D eigenvalue weighted by Gasteiger charge is -2.31. The van der Waals surface area contributed by atoms with E-state index in [0.29, 0.717) is 0 Å². The van der Waals surface area contributed by atoms with Gasteiger partial charge in [0.25, 0.3) is 0 Å². The Morgan fingerprint density at radius 2 is 2.32 bits per heavy atom. The van der Waals surface area contributed by atoms with Crippen LogP contribution in [0, 0.1) is 0 Å². The van der Waals surface area contributed by atoms with Crippen LogP contribution in [0.4, 0.5) is 5.69 Å². The third kappa shape index (κ3) is 4.14. The highest BCUT2D eigenvalue weighted by atomic mass is 79.9. The van der Waals surface area contributed by atoms with Crippen LogP contribution >= 0.6 is 15.9 Å². The van der Waals surface area contributed by atoms with Gasteiger partial charge in [-0.1, -0.05) is 28.4 Å². The fraction of sp³-hybridized carbons (Fsp3) is 0.429. The van der Waals surface area contributed by atoms with Gasteiger partial charge in [-0.25, -0.2) is 0 Å². The van der Waals surface area contributed by atoms with E-state index in [9.17, 15) is 9.59 Å². The van der Waals surface area contributed by atoms with E-state index in [4.69, 9.17) is 0 Å². The molecule has 1 N–H and O–H groups in total. The van der Waals surface area contributed by atoms with Crippen LogP contribution in [0.15, 0.2) is 28.7 Å². The molecule has 1 aromatic rings. The van der Waals surface area contributed by atoms with Crippen LogP contribution in [0.2, 0.25) is 0 Å². The first-order chi connectivity index (χ1) is 9.19. The standard InChI is InChI=1S/C14H17BrN2O2/c15-11-4-3-5-12(8-11)16-14(19)9-17-7-2-1-6-13(17)10-18/h3-5,8,10,13H,1-2,6-7,9H2,(H,16,19). The summed E-state index contributed by atoms with van der Waals surface area (Å²) in [5.41, 5.74) is 0.763. The lowest BCUT2D eigenvalue weighted by atomic mass is 10.0. The van der Waals surface area contributed by atoms with E-state index in [1.165, 1.54) is 0 Å². The number of likely N-dealkylation sites (tertiary alicyclic amines) is 1. The van der Waals surface area contributed by atoms with Gasteiger partial charge in [-0.2, -0.15) is 0 Å². The first-order valence-electron chi connectivity index (χ1n) is 6.44. The zero-order valence-electron chi connectivity index (χ0n) is 10.6. The molecular formula is C14H17BrN2O2. The molecule has 5 heteroatoms. The van der Waals surface area contributed by atoms with Crippen molar-refractivity contribution in [2.45, 2.75) is 25.3 Å². The van der Waals surface area contributed by atoms with E-state index in [1.807, 2.05) is 29.2 Å². The number of halogens is 1. The Labute approximate surface area is 121 Å². The second-order valence-electron chi connectivity index (χ2n) is 4.73. The third-order valence-corrected chi connectivity index (χ3v) is 3.77. The molecule has 1 fully saturated rings. The molecule has 0 radical (unpaired) electrons. The van der Waals surface area contributed by atoms with Gasteiger partial charge >= 0.3 is 0 Å². The van der Waals surface area contributed by atoms with Crippen molar-refractivity contribution >= 4 is 33.8 Å². The molecule has 0 aromatic heterocycles. The number of carbonyl (C=O) groups is 2. The van der Waals surface area contributed by atoms with Gasteiger partial charge in [-0.05, 0) is 37.6 Å². The maximum atomic E-state index is 12.0. The minimum Gasteiger partial charge on any atom is -0.325 e. The Kier molecular flexibility index (Phi) is 5.10. The van der Waals surface area contributed by atoms with Crippen LogP contribution in [-0.4, -0.2) is 36.2 Å². The third-order valence-electron chi connectivity index (χ3n) is 3.28. The molecule has 0 saturated carbocycles. The molecule has 1 saturated heterocycles. The van der Waals surface area contributed by atoms with E-state index in [1.54, 1.807) is 0 Å². The molecule has 0 aliphatic carbocycles. The second kappa shape index (κ2) is 6.82. The summed E-state index contributed by atoms with van der Waals surface area (Å²) in [6.07, 6.45) is 3.92. The number of nitrogens with one attached hydrogen (secondary N) is 1. The van der Waals surface area contributed by atoms with Crippen LogP contribution in [0.5, 0.6) is 0 Å². The molecule has 1 aromatic carbocycles. The average Bonchev–Trinajstić information content (AvgIpc) is 2.39. The zero-order chi connectivity index (χ0) is 13.7. The number of amides is 1. The number of anilines is 1. The van der Waals surface area contributed by atoms with Gasteiger partial charge in [0.2, 0.25) is 5.91 Å². The number of hydrogen-bond acceptors (Lipinski definition) is 3. The lowest BCUT2D eigenvalue weighted by molar-refractivity contribution is -0.120. The summed E-state index contributed by atoms with van der Waals surface area (Å²) in [4.78, 5) is 24.9. The molecule has 4 nitrogen and oxygen atoms in total. The molecule has 102 valence electrons. The van der Waals surface area contributed by atoms with E-state index in [-0.39, 0.29) is 18.5 Å². The summed E-state index contributed by atoms with van der Waals surface area (Å²) in [5.74, 6) is -0.0770. The number of rotatable bonds is 4. The van der Waals surface area contributed by atoms with Crippen molar-refractivity contribution in [3.05, 3.63) is 28.7 Å². The fourth-order valence-corrected chi connectivity index (χ4v) is 2.72. The summed E-state index contributed by atoms with van der Waals surface area (Å²) in [6, 6.07) is 7.36. The monoisotopic (exact) mass is 324 g/mol. The average molecular weight is 325 g/mol. The number of carbonyl (C=O) groups excluding carboxylic acids is 2. The van der Waals surface area contributed by atoms with E-state index < -0.39 is 0 Å². The minimum absolute atomic E-state index is 0.0770. The first-order valence-corrected chi connectivity index (χ1v) is 7.23. The van der Waals surface area contributed by atoms with Crippen molar-refractivity contribution in [1.29, 1.82) is 0 Å². The smallest absolute Gasteiger partial charge is 0.238 e. The van der Waals surface area contributed by atoms with Crippen LogP contribution in [0.1, 0.15) is 19.3 Å². The van der Waals surface area contributed by atoms with Crippen molar-refractivity contribution in [2.24, 2.45) is 0 Å². The van der Waals surface area contributed by atoms with Gasteiger partial charge in [0.05, 0.1) is 12.6 Å². The van der Waals surface area contributed by atoms with Gasteiger partial charge in [0.15, 0.2) is 0 Å². The number of benzene rings is 1. The molecule has 0 spiro atoms. The fourth-order valence-electron chi connectivity index (χ4n) is 2.32. The van der Waals surface area contributed by atoms with Crippen molar-refractivity contribution < 1.29 is 9.59 Å². The van der Waals surface area contributed by atoms with Crippen molar-refractivity contribution in [3.8, 4) is 0 Å². The number of hydrogen-bond donors (Lipinski definition) is 1. The number of piperidine rings is 1. The van der Waals surface area contributed by atoms with Crippen LogP contribution < -0.4 is 5.32 Å². The van der Waals surface area contributed by atoms with Crippen LogP contribution in [0.25, 0.3) is 0 Å². The Balaban J connectivity index is 1.91. The predicted octanol–water partition coefficient (Wildman–Crippen LogP) is 2.44. The van der Waals surface area contributed by atoms with Crippen molar-refractivity contribution in [3.63, 3.8) is 0 Å². The minimum atomic E-state index is -0.109. The van der Waals surface area contributed by atoms with Crippen molar-refractivity contribution in [1.82, 2.24) is 4.90 Å². The molecule has 19 heavy (non-hydrogen) atoms. The molecule has 1 aliphatic heterocycles. The van der Waals surface area contributed by atoms with Gasteiger partial charge in [0, 0.05) is 10.2 Å². The molecule has 2 rings (SSSR count). The Morgan fingerprint density at radius 3 is 3.05 bits per heavy atom. The Hall–Kier alpha value is -1.20. The second-order valence-corrected chi connectivity index (χ2v) is 5.64. The number of nitrogens with zero attached hydrogens (tertiary/aromatic N) is 1. The number of aldehydes is 1. The summed E-state index contributed by atoms with van der Waals surface area (Å²) in [6.45, 7) is 1.09. The quantitative estimate of drug-likeness (QED) is 0.865. The molecule has 1 heterocycles. The molecule has 1 aliphatic rings. The normalized spacial score (nSPS) is 19.9. The largest absolute Gasteiger partial charge is 0.325 e. The van der Waals surface area contributed by atoms with Crippen LogP contribution in [-0.2, 0) is 9.59 Å². The lowest BCUT2D eigenvalue weighted by Crippen LogP contribution is -2.44. The van der Waals surface area contributed by atoms with Gasteiger partial charge in [-0.15, -0.1) is 0 Å². The molecule has 1 amide bonds. The molecular weight excluding hydrogens is 308 g/mol. The highest BCUT2D eigenvalue weighted by Crippen LogP contribution is 2.17. The van der Waals surface area contributed by atoms with E-state index >= 15 is 0 Å². The predicted molar refractivity (Wildman–Crippen MR) is 78.0 cm³/mol. The van der Waals surface area contributed by atoms with E-state index in [2.05, 4.69) is 21.2 Å². The Morgan fingerprint density at radius 1 is 1.47 bits per heavy atom. The Bertz CT molecular complexity index is 465. The maximum absolute atomic E-state index is 12.0. The first kappa shape index (κ1) is 14.2.